The van der Waals surface area contributed by atoms with Gasteiger partial charge in [-0.25, -0.2) is 9.59 Å². The molecule has 0 aliphatic heterocycles. The first-order valence-corrected chi connectivity index (χ1v) is 8.36. The smallest absolute Gasteiger partial charge is 0.335 e. The molecule has 2 amide bonds. The van der Waals surface area contributed by atoms with Gasteiger partial charge in [-0.3, -0.25) is 4.68 Å². The second kappa shape index (κ2) is 9.07. The van der Waals surface area contributed by atoms with E-state index in [-0.39, 0.29) is 11.6 Å². The predicted molar refractivity (Wildman–Crippen MR) is 92.8 cm³/mol. The number of carboxylic acid groups (broad SMARTS) is 1. The molecule has 7 nitrogen and oxygen atoms in total. The summed E-state index contributed by atoms with van der Waals surface area (Å²) in [7, 11) is 0. The minimum Gasteiger partial charge on any atom is -0.478 e. The number of unbranched alkanes of at least 4 members (excludes halogenated alkanes) is 1. The third-order valence-electron chi connectivity index (χ3n) is 3.36. The molecule has 0 unspecified atom stereocenters. The summed E-state index contributed by atoms with van der Waals surface area (Å²) in [5.41, 5.74) is 1.08. The van der Waals surface area contributed by atoms with Crippen LogP contribution in [-0.4, -0.2) is 33.4 Å². The fourth-order valence-electron chi connectivity index (χ4n) is 2.07. The highest BCUT2D eigenvalue weighted by Gasteiger charge is 2.03. The number of aryl methyl sites for hydroxylation is 1. The van der Waals surface area contributed by atoms with Gasteiger partial charge in [0.1, 0.15) is 0 Å². The normalized spacial score (nSPS) is 10.4. The van der Waals surface area contributed by atoms with E-state index in [9.17, 15) is 9.59 Å². The van der Waals surface area contributed by atoms with Crippen molar-refractivity contribution in [2.75, 3.05) is 6.54 Å². The number of benzene rings is 1. The molecule has 0 saturated carbocycles. The maximum Gasteiger partial charge on any atom is 0.335 e. The number of hydrogen-bond donors (Lipinski definition) is 3. The zero-order chi connectivity index (χ0) is 17.4. The van der Waals surface area contributed by atoms with Crippen LogP contribution in [0.25, 0.3) is 0 Å². The molecule has 1 aromatic heterocycles. The SMILES string of the molecule is O=C(NCCCCn1cc(Br)cn1)NCc1ccc(C(=O)O)cc1. The Kier molecular flexibility index (Phi) is 6.80. The van der Waals surface area contributed by atoms with Crippen LogP contribution in [0.1, 0.15) is 28.8 Å². The molecule has 0 radical (unpaired) electrons. The van der Waals surface area contributed by atoms with Crippen LogP contribution < -0.4 is 10.6 Å². The Labute approximate surface area is 148 Å². The van der Waals surface area contributed by atoms with Crippen molar-refractivity contribution in [1.29, 1.82) is 0 Å². The molecule has 2 rings (SSSR count). The lowest BCUT2D eigenvalue weighted by atomic mass is 10.1. The minimum absolute atomic E-state index is 0.229. The highest BCUT2D eigenvalue weighted by Crippen LogP contribution is 2.07. The topological polar surface area (TPSA) is 96.3 Å². The van der Waals surface area contributed by atoms with E-state index < -0.39 is 5.97 Å². The average molecular weight is 395 g/mol. The van der Waals surface area contributed by atoms with E-state index in [1.165, 1.54) is 12.1 Å². The molecule has 1 heterocycles. The van der Waals surface area contributed by atoms with Crippen LogP contribution in [0.4, 0.5) is 4.79 Å². The number of carboxylic acids is 1. The van der Waals surface area contributed by atoms with Gasteiger partial charge in [-0.15, -0.1) is 0 Å². The zero-order valence-corrected chi connectivity index (χ0v) is 14.6. The van der Waals surface area contributed by atoms with Gasteiger partial charge in [0.25, 0.3) is 0 Å². The van der Waals surface area contributed by atoms with Gasteiger partial charge < -0.3 is 15.7 Å². The fourth-order valence-corrected chi connectivity index (χ4v) is 2.40. The molecular formula is C16H19BrN4O3. The van der Waals surface area contributed by atoms with Crippen LogP contribution in [0.3, 0.4) is 0 Å². The van der Waals surface area contributed by atoms with Gasteiger partial charge in [-0.05, 0) is 46.5 Å². The highest BCUT2D eigenvalue weighted by molar-refractivity contribution is 9.10. The van der Waals surface area contributed by atoms with Gasteiger partial charge in [-0.2, -0.15) is 5.10 Å². The summed E-state index contributed by atoms with van der Waals surface area (Å²) in [6.45, 7) is 1.75. The van der Waals surface area contributed by atoms with Crippen LogP contribution in [0.5, 0.6) is 0 Å². The molecule has 0 fully saturated rings. The summed E-state index contributed by atoms with van der Waals surface area (Å²) < 4.78 is 2.81. The van der Waals surface area contributed by atoms with Gasteiger partial charge in [0, 0.05) is 25.8 Å². The molecule has 1 aromatic carbocycles. The Morgan fingerprint density at radius 2 is 1.92 bits per heavy atom. The van der Waals surface area contributed by atoms with Crippen molar-refractivity contribution >= 4 is 27.9 Å². The molecule has 0 aliphatic rings. The summed E-state index contributed by atoms with van der Waals surface area (Å²) in [6.07, 6.45) is 5.44. The van der Waals surface area contributed by atoms with Crippen molar-refractivity contribution in [1.82, 2.24) is 20.4 Å². The van der Waals surface area contributed by atoms with Crippen LogP contribution >= 0.6 is 15.9 Å². The summed E-state index contributed by atoms with van der Waals surface area (Å²) in [4.78, 5) is 22.4. The number of amides is 2. The Bertz CT molecular complexity index is 685. The lowest BCUT2D eigenvalue weighted by Crippen LogP contribution is -2.35. The molecule has 2 aromatic rings. The lowest BCUT2D eigenvalue weighted by molar-refractivity contribution is 0.0697. The molecule has 128 valence electrons. The van der Waals surface area contributed by atoms with E-state index in [4.69, 9.17) is 5.11 Å². The number of carbonyl (C=O) groups is 2. The number of nitrogens with one attached hydrogen (secondary N) is 2. The molecule has 0 aliphatic carbocycles. The van der Waals surface area contributed by atoms with E-state index in [1.807, 2.05) is 10.9 Å². The van der Waals surface area contributed by atoms with Crippen molar-refractivity contribution in [3.63, 3.8) is 0 Å². The van der Waals surface area contributed by atoms with E-state index in [0.717, 1.165) is 29.4 Å². The third kappa shape index (κ3) is 6.04. The van der Waals surface area contributed by atoms with E-state index in [1.54, 1.807) is 18.3 Å². The lowest BCUT2D eigenvalue weighted by Gasteiger charge is -2.08. The summed E-state index contributed by atoms with van der Waals surface area (Å²) >= 11 is 3.34. The van der Waals surface area contributed by atoms with E-state index >= 15 is 0 Å². The maximum absolute atomic E-state index is 11.7. The Balaban J connectivity index is 1.58. The number of aromatic carboxylic acids is 1. The van der Waals surface area contributed by atoms with Gasteiger partial charge in [0.05, 0.1) is 16.2 Å². The quantitative estimate of drug-likeness (QED) is 0.599. The monoisotopic (exact) mass is 394 g/mol. The number of hydrogen-bond acceptors (Lipinski definition) is 3. The van der Waals surface area contributed by atoms with Crippen molar-refractivity contribution in [2.24, 2.45) is 0 Å². The zero-order valence-electron chi connectivity index (χ0n) is 13.0. The first kappa shape index (κ1) is 18.0. The summed E-state index contributed by atoms with van der Waals surface area (Å²) in [5, 5.41) is 18.5. The van der Waals surface area contributed by atoms with Crippen LogP contribution in [0.15, 0.2) is 41.1 Å². The summed E-state index contributed by atoms with van der Waals surface area (Å²) in [6, 6.07) is 6.17. The largest absolute Gasteiger partial charge is 0.478 e. The average Bonchev–Trinajstić information content (AvgIpc) is 2.98. The number of urea groups is 1. The minimum atomic E-state index is -0.963. The standard InChI is InChI=1S/C16H19BrN4O3/c17-14-10-20-21(11-14)8-2-1-7-18-16(24)19-9-12-3-5-13(6-4-12)15(22)23/h3-6,10-11H,1-2,7-9H2,(H,22,23)(H2,18,19,24). The van der Waals surface area contributed by atoms with Crippen LogP contribution in [-0.2, 0) is 13.1 Å². The number of nitrogens with zero attached hydrogens (tertiary/aromatic N) is 2. The van der Waals surface area contributed by atoms with Gasteiger partial charge in [0.15, 0.2) is 0 Å². The maximum atomic E-state index is 11.7. The van der Waals surface area contributed by atoms with Crippen molar-refractivity contribution in [3.8, 4) is 0 Å². The molecule has 24 heavy (non-hydrogen) atoms. The van der Waals surface area contributed by atoms with E-state index in [2.05, 4.69) is 31.7 Å². The second-order valence-electron chi connectivity index (χ2n) is 5.24. The summed E-state index contributed by atoms with van der Waals surface area (Å²) in [5.74, 6) is -0.963. The van der Waals surface area contributed by atoms with Crippen molar-refractivity contribution in [2.45, 2.75) is 25.9 Å². The number of rotatable bonds is 8. The predicted octanol–water partition coefficient (Wildman–Crippen LogP) is 2.62. The number of aromatic nitrogens is 2. The first-order valence-electron chi connectivity index (χ1n) is 7.56. The highest BCUT2D eigenvalue weighted by atomic mass is 79.9. The number of carbonyl (C=O) groups excluding carboxylic acids is 1. The fraction of sp³-hybridized carbons (Fsp3) is 0.312. The Morgan fingerprint density at radius 1 is 1.17 bits per heavy atom. The Hall–Kier alpha value is -2.35. The molecule has 0 atom stereocenters. The van der Waals surface area contributed by atoms with Crippen LogP contribution in [0.2, 0.25) is 0 Å². The molecule has 8 heteroatoms. The van der Waals surface area contributed by atoms with Gasteiger partial charge in [0.2, 0.25) is 0 Å². The van der Waals surface area contributed by atoms with Crippen LogP contribution in [0, 0.1) is 0 Å². The molecule has 0 saturated heterocycles. The molecule has 0 bridgehead atoms. The van der Waals surface area contributed by atoms with Crippen molar-refractivity contribution < 1.29 is 14.7 Å². The van der Waals surface area contributed by atoms with Crippen molar-refractivity contribution in [3.05, 3.63) is 52.3 Å². The molecule has 0 spiro atoms. The Morgan fingerprint density at radius 3 is 2.54 bits per heavy atom. The third-order valence-corrected chi connectivity index (χ3v) is 3.76. The first-order chi connectivity index (χ1) is 11.5. The second-order valence-corrected chi connectivity index (χ2v) is 6.16. The van der Waals surface area contributed by atoms with Gasteiger partial charge in [-0.1, -0.05) is 12.1 Å². The van der Waals surface area contributed by atoms with Gasteiger partial charge >= 0.3 is 12.0 Å². The molecular weight excluding hydrogens is 376 g/mol. The number of halogens is 1. The van der Waals surface area contributed by atoms with E-state index in [0.29, 0.717) is 13.1 Å². The molecule has 3 N–H and O–H groups in total.